The third-order valence-electron chi connectivity index (χ3n) is 5.35. The van der Waals surface area contributed by atoms with E-state index in [4.69, 9.17) is 4.52 Å². The van der Waals surface area contributed by atoms with Gasteiger partial charge in [0.05, 0.1) is 12.4 Å². The van der Waals surface area contributed by atoms with Gasteiger partial charge in [-0.2, -0.15) is 5.10 Å². The molecule has 1 fully saturated rings. The van der Waals surface area contributed by atoms with Gasteiger partial charge in [-0.15, -0.1) is 0 Å². The Balaban J connectivity index is 1.46. The molecule has 0 spiro atoms. The third-order valence-corrected chi connectivity index (χ3v) is 5.35. The number of rotatable bonds is 4. The second-order valence-electron chi connectivity index (χ2n) is 7.02. The molecule has 1 aliphatic heterocycles. The Kier molecular flexibility index (Phi) is 4.81. The molecule has 28 heavy (non-hydrogen) atoms. The van der Waals surface area contributed by atoms with Crippen molar-refractivity contribution in [3.8, 4) is 0 Å². The number of aryl methyl sites for hydroxylation is 1. The van der Waals surface area contributed by atoms with Gasteiger partial charge in [0, 0.05) is 25.3 Å². The largest absolute Gasteiger partial charge is 0.361 e. The summed E-state index contributed by atoms with van der Waals surface area (Å²) in [7, 11) is 0. The van der Waals surface area contributed by atoms with Gasteiger partial charge in [0.25, 0.3) is 11.8 Å². The highest BCUT2D eigenvalue weighted by Crippen LogP contribution is 2.23. The molecule has 0 saturated carbocycles. The molecule has 3 aromatic rings. The molecule has 3 aromatic heterocycles. The fourth-order valence-electron chi connectivity index (χ4n) is 3.72. The predicted molar refractivity (Wildman–Crippen MR) is 99.8 cm³/mol. The summed E-state index contributed by atoms with van der Waals surface area (Å²) >= 11 is 0. The highest BCUT2D eigenvalue weighted by molar-refractivity contribution is 5.95. The summed E-state index contributed by atoms with van der Waals surface area (Å²) < 4.78 is 6.54. The van der Waals surface area contributed by atoms with Crippen molar-refractivity contribution >= 4 is 17.5 Å². The van der Waals surface area contributed by atoms with E-state index < -0.39 is 0 Å². The van der Waals surface area contributed by atoms with E-state index >= 15 is 0 Å². The Hall–Kier alpha value is -3.23. The lowest BCUT2D eigenvalue weighted by molar-refractivity contribution is 0.0606. The Bertz CT molecular complexity index is 1010. The van der Waals surface area contributed by atoms with E-state index in [2.05, 4.69) is 27.5 Å². The van der Waals surface area contributed by atoms with Gasteiger partial charge in [0.2, 0.25) is 0 Å². The van der Waals surface area contributed by atoms with Crippen LogP contribution >= 0.6 is 0 Å². The zero-order valence-electron chi connectivity index (χ0n) is 15.8. The quantitative estimate of drug-likeness (QED) is 0.736. The number of carbonyl (C=O) groups excluding carboxylic acids is 2. The number of carbonyl (C=O) groups is 2. The first-order valence-corrected chi connectivity index (χ1v) is 9.38. The van der Waals surface area contributed by atoms with Crippen molar-refractivity contribution in [2.75, 3.05) is 13.1 Å². The molecule has 9 heteroatoms. The van der Waals surface area contributed by atoms with E-state index in [9.17, 15) is 9.59 Å². The van der Waals surface area contributed by atoms with Gasteiger partial charge in [0.1, 0.15) is 11.3 Å². The van der Waals surface area contributed by atoms with Gasteiger partial charge in [-0.25, -0.2) is 9.50 Å². The van der Waals surface area contributed by atoms with Crippen LogP contribution in [-0.4, -0.2) is 55.6 Å². The first kappa shape index (κ1) is 18.1. The molecule has 9 nitrogen and oxygen atoms in total. The monoisotopic (exact) mass is 382 g/mol. The maximum Gasteiger partial charge on any atom is 0.274 e. The minimum atomic E-state index is -0.187. The molecule has 1 N–H and O–H groups in total. The number of fused-ring (bicyclic) bond motifs is 1. The summed E-state index contributed by atoms with van der Waals surface area (Å²) in [4.78, 5) is 31.6. The number of aromatic nitrogens is 4. The van der Waals surface area contributed by atoms with Gasteiger partial charge < -0.3 is 14.7 Å². The zero-order chi connectivity index (χ0) is 19.7. The second kappa shape index (κ2) is 7.41. The van der Waals surface area contributed by atoms with Crippen LogP contribution in [-0.2, 0) is 0 Å². The molecule has 0 unspecified atom stereocenters. The van der Waals surface area contributed by atoms with Crippen LogP contribution in [0, 0.1) is 12.8 Å². The van der Waals surface area contributed by atoms with E-state index in [-0.39, 0.29) is 23.8 Å². The fraction of sp³-hybridized carbons (Fsp3) is 0.421. The molecule has 0 aliphatic carbocycles. The van der Waals surface area contributed by atoms with E-state index in [1.165, 1.54) is 6.20 Å². The van der Waals surface area contributed by atoms with Crippen molar-refractivity contribution in [2.24, 2.45) is 5.92 Å². The minimum Gasteiger partial charge on any atom is -0.361 e. The number of nitrogens with one attached hydrogen (secondary N) is 1. The van der Waals surface area contributed by atoms with Gasteiger partial charge >= 0.3 is 0 Å². The normalized spacial score (nSPS) is 19.7. The summed E-state index contributed by atoms with van der Waals surface area (Å²) in [6.07, 6.45) is 6.16. The Morgan fingerprint density at radius 1 is 1.36 bits per heavy atom. The van der Waals surface area contributed by atoms with Crippen molar-refractivity contribution in [1.29, 1.82) is 0 Å². The van der Waals surface area contributed by atoms with Gasteiger partial charge in [-0.05, 0) is 37.8 Å². The number of likely N-dealkylation sites (tertiary alicyclic amines) is 1. The predicted octanol–water partition coefficient (Wildman–Crippen LogP) is 1.70. The average Bonchev–Trinajstić information content (AvgIpc) is 3.34. The van der Waals surface area contributed by atoms with E-state index in [0.717, 1.165) is 6.42 Å². The second-order valence-corrected chi connectivity index (χ2v) is 7.02. The molecule has 0 aromatic carbocycles. The molecule has 146 valence electrons. The van der Waals surface area contributed by atoms with E-state index in [1.54, 1.807) is 29.9 Å². The molecular weight excluding hydrogens is 360 g/mol. The molecule has 1 aliphatic rings. The molecular formula is C19H22N6O3. The smallest absolute Gasteiger partial charge is 0.274 e. The topological polar surface area (TPSA) is 106 Å². The molecule has 0 radical (unpaired) electrons. The van der Waals surface area contributed by atoms with Crippen molar-refractivity contribution in [3.05, 3.63) is 47.7 Å². The van der Waals surface area contributed by atoms with E-state index in [1.807, 2.05) is 11.0 Å². The van der Waals surface area contributed by atoms with Gasteiger partial charge in [-0.1, -0.05) is 12.1 Å². The molecule has 4 rings (SSSR count). The SMILES string of the molecule is CC[C@@H]1CN(C(=O)c2cnc3cccnn23)CC[C@@H]1NC(=O)c1cnoc1C. The van der Waals surface area contributed by atoms with Crippen LogP contribution in [0.25, 0.3) is 5.65 Å². The van der Waals surface area contributed by atoms with E-state index in [0.29, 0.717) is 42.2 Å². The van der Waals surface area contributed by atoms with Gasteiger partial charge in [-0.3, -0.25) is 9.59 Å². The summed E-state index contributed by atoms with van der Waals surface area (Å²) in [6, 6.07) is 3.60. The average molecular weight is 382 g/mol. The highest BCUT2D eigenvalue weighted by Gasteiger charge is 2.33. The van der Waals surface area contributed by atoms with Crippen molar-refractivity contribution in [1.82, 2.24) is 30.0 Å². The molecule has 1 saturated heterocycles. The zero-order valence-corrected chi connectivity index (χ0v) is 15.8. The van der Waals surface area contributed by atoms with Crippen LogP contribution in [0.4, 0.5) is 0 Å². The van der Waals surface area contributed by atoms with Crippen molar-refractivity contribution in [3.63, 3.8) is 0 Å². The maximum atomic E-state index is 13.0. The van der Waals surface area contributed by atoms with Crippen molar-refractivity contribution in [2.45, 2.75) is 32.7 Å². The number of amides is 2. The van der Waals surface area contributed by atoms with Crippen LogP contribution in [0.15, 0.2) is 35.2 Å². The minimum absolute atomic E-state index is 0.00356. The van der Waals surface area contributed by atoms with Gasteiger partial charge in [0.15, 0.2) is 11.3 Å². The maximum absolute atomic E-state index is 13.0. The Morgan fingerprint density at radius 2 is 2.21 bits per heavy atom. The number of hydrogen-bond acceptors (Lipinski definition) is 6. The van der Waals surface area contributed by atoms with Crippen LogP contribution < -0.4 is 5.32 Å². The van der Waals surface area contributed by atoms with Crippen LogP contribution in [0.5, 0.6) is 0 Å². The Labute approximate surface area is 161 Å². The number of nitrogens with zero attached hydrogens (tertiary/aromatic N) is 5. The highest BCUT2D eigenvalue weighted by atomic mass is 16.5. The lowest BCUT2D eigenvalue weighted by Crippen LogP contribution is -2.52. The lowest BCUT2D eigenvalue weighted by atomic mass is 9.89. The van der Waals surface area contributed by atoms with Crippen LogP contribution in [0.3, 0.4) is 0 Å². The number of hydrogen-bond donors (Lipinski definition) is 1. The molecule has 4 heterocycles. The first-order valence-electron chi connectivity index (χ1n) is 9.38. The Morgan fingerprint density at radius 3 is 2.96 bits per heavy atom. The summed E-state index contributed by atoms with van der Waals surface area (Å²) in [5.41, 5.74) is 1.54. The molecule has 0 bridgehead atoms. The lowest BCUT2D eigenvalue weighted by Gasteiger charge is -2.38. The fourth-order valence-corrected chi connectivity index (χ4v) is 3.72. The van der Waals surface area contributed by atoms with Crippen LogP contribution in [0.2, 0.25) is 0 Å². The first-order chi connectivity index (χ1) is 13.6. The van der Waals surface area contributed by atoms with Crippen LogP contribution in [0.1, 0.15) is 46.4 Å². The summed E-state index contributed by atoms with van der Waals surface area (Å²) in [6.45, 7) is 4.91. The molecule has 2 atom stereocenters. The molecule has 2 amide bonds. The summed E-state index contributed by atoms with van der Waals surface area (Å²) in [5.74, 6) is 0.379. The van der Waals surface area contributed by atoms with Crippen molar-refractivity contribution < 1.29 is 14.1 Å². The summed E-state index contributed by atoms with van der Waals surface area (Å²) in [5, 5.41) is 11.0. The standard InChI is InChI=1S/C19H22N6O3/c1-3-13-11-24(19(27)16-10-20-17-5-4-7-21-25(16)17)8-6-15(13)23-18(26)14-9-22-28-12(14)2/h4-5,7,9-10,13,15H,3,6,8,11H2,1-2H3,(H,23,26)/t13-,15+/m1/s1. The number of piperidine rings is 1. The third kappa shape index (κ3) is 3.23. The number of imidazole rings is 1.